The van der Waals surface area contributed by atoms with E-state index >= 15 is 0 Å². The molecular weight excluding hydrogens is 296 g/mol. The summed E-state index contributed by atoms with van der Waals surface area (Å²) in [6, 6.07) is 15.1. The van der Waals surface area contributed by atoms with Crippen molar-refractivity contribution in [1.29, 1.82) is 0 Å². The molecule has 0 heterocycles. The van der Waals surface area contributed by atoms with Gasteiger partial charge in [-0.25, -0.2) is 0 Å². The normalized spacial score (nSPS) is 9.21. The minimum Gasteiger partial charge on any atom is -0.147 e. The first kappa shape index (κ1) is 11.9. The number of hydrogen-bond donors (Lipinski definition) is 0. The van der Waals surface area contributed by atoms with Crippen LogP contribution in [0.25, 0.3) is 10.8 Å². The van der Waals surface area contributed by atoms with Gasteiger partial charge in [0.25, 0.3) is 0 Å². The minimum absolute atomic E-state index is 0. The van der Waals surface area contributed by atoms with Gasteiger partial charge in [-0.05, 0) is 0 Å². The fourth-order valence-corrected chi connectivity index (χ4v) is 3.92. The van der Waals surface area contributed by atoms with Crippen LogP contribution in [0.2, 0.25) is 0 Å². The maximum atomic E-state index is 5.29. The van der Waals surface area contributed by atoms with Gasteiger partial charge in [0.2, 0.25) is 0 Å². The van der Waals surface area contributed by atoms with Gasteiger partial charge in [-0.2, -0.15) is 0 Å². The standard InChI is InChI=1S/C10H7.CH3O.Cd.ClH/c1-2-6-10-8-4-3-7-9(10)5-1;1-2;;/h1-3,5-8H;1H3;;1H/q;-1;+1;. The Morgan fingerprint density at radius 2 is 1.71 bits per heavy atom. The Morgan fingerprint density at radius 1 is 1.00 bits per heavy atom. The Hall–Kier alpha value is -0.128. The molecule has 0 saturated heterocycles. The first-order valence-corrected chi connectivity index (χ1v) is 8.03. The summed E-state index contributed by atoms with van der Waals surface area (Å²) >= 11 is -1.09. The van der Waals surface area contributed by atoms with Crippen LogP contribution >= 0.6 is 12.4 Å². The quantitative estimate of drug-likeness (QED) is 0.775. The molecule has 0 unspecified atom stereocenters. The van der Waals surface area contributed by atoms with Crippen molar-refractivity contribution in [3.05, 3.63) is 42.5 Å². The van der Waals surface area contributed by atoms with Crippen LogP contribution in [0.3, 0.4) is 0 Å². The van der Waals surface area contributed by atoms with Gasteiger partial charge >= 0.3 is 90.8 Å². The first-order valence-electron chi connectivity index (χ1n) is 4.37. The molecule has 2 rings (SSSR count). The van der Waals surface area contributed by atoms with Gasteiger partial charge in [-0.1, -0.05) is 0 Å². The van der Waals surface area contributed by atoms with E-state index < -0.39 is 24.7 Å². The van der Waals surface area contributed by atoms with E-state index in [0.29, 0.717) is 0 Å². The molecule has 0 amide bonds. The maximum absolute atomic E-state index is 5.29. The Balaban J connectivity index is 0.000000980. The zero-order valence-electron chi connectivity index (χ0n) is 8.07. The van der Waals surface area contributed by atoms with E-state index in [2.05, 4.69) is 42.5 Å². The molecule has 0 aromatic heterocycles. The predicted molar refractivity (Wildman–Crippen MR) is 57.8 cm³/mol. The van der Waals surface area contributed by atoms with Crippen LogP contribution in [-0.4, -0.2) is 7.11 Å². The van der Waals surface area contributed by atoms with Crippen LogP contribution in [-0.2, 0) is 27.4 Å². The van der Waals surface area contributed by atoms with Crippen molar-refractivity contribution >= 4 is 26.3 Å². The van der Waals surface area contributed by atoms with Crippen LogP contribution in [0.4, 0.5) is 0 Å². The van der Waals surface area contributed by atoms with Crippen LogP contribution in [0.15, 0.2) is 42.5 Å². The molecule has 0 saturated carbocycles. The molecule has 0 N–H and O–H groups in total. The van der Waals surface area contributed by atoms with Crippen LogP contribution in [0.1, 0.15) is 0 Å². The molecule has 2 aromatic carbocycles. The molecule has 0 aliphatic heterocycles. The topological polar surface area (TPSA) is 9.23 Å². The Bertz CT molecular complexity index is 417. The average Bonchev–Trinajstić information content (AvgIpc) is 2.18. The van der Waals surface area contributed by atoms with Crippen molar-refractivity contribution in [1.82, 2.24) is 0 Å². The fourth-order valence-electron chi connectivity index (χ4n) is 1.50. The van der Waals surface area contributed by atoms with E-state index in [4.69, 9.17) is 2.69 Å². The molecule has 0 fully saturated rings. The van der Waals surface area contributed by atoms with Crippen LogP contribution in [0, 0.1) is 0 Å². The smallest absolute Gasteiger partial charge is 0.147 e. The first-order chi connectivity index (χ1) is 6.40. The summed E-state index contributed by atoms with van der Waals surface area (Å²) in [5.74, 6) is 0. The second kappa shape index (κ2) is 5.68. The molecule has 0 radical (unpaired) electrons. The molecule has 0 spiro atoms. The fraction of sp³-hybridized carbons (Fsp3) is 0.0909. The molecule has 2 aromatic rings. The average molecular weight is 307 g/mol. The third kappa shape index (κ3) is 2.68. The molecule has 70 valence electrons. The maximum Gasteiger partial charge on any atom is -0.147 e. The predicted octanol–water partition coefficient (Wildman–Crippen LogP) is 2.53. The van der Waals surface area contributed by atoms with Gasteiger partial charge in [0.05, 0.1) is 0 Å². The summed E-state index contributed by atoms with van der Waals surface area (Å²) in [6.07, 6.45) is 0. The summed E-state index contributed by atoms with van der Waals surface area (Å²) in [4.78, 5) is 0. The number of halogens is 1. The Labute approximate surface area is 103 Å². The number of rotatable bonds is 2. The summed E-state index contributed by atoms with van der Waals surface area (Å²) in [7, 11) is 1.81. The third-order valence-corrected chi connectivity index (χ3v) is 5.16. The van der Waals surface area contributed by atoms with Crippen molar-refractivity contribution in [3.8, 4) is 0 Å². The second-order valence-electron chi connectivity index (χ2n) is 3.11. The van der Waals surface area contributed by atoms with Crippen molar-refractivity contribution in [2.45, 2.75) is 0 Å². The Kier molecular flexibility index (Phi) is 4.85. The van der Waals surface area contributed by atoms with Gasteiger partial charge < -0.3 is 0 Å². The van der Waals surface area contributed by atoms with Gasteiger partial charge in [0, 0.05) is 0 Å². The zero-order valence-corrected chi connectivity index (χ0v) is 12.9. The van der Waals surface area contributed by atoms with E-state index in [9.17, 15) is 0 Å². The van der Waals surface area contributed by atoms with Crippen molar-refractivity contribution in [2.75, 3.05) is 7.11 Å². The number of benzene rings is 2. The van der Waals surface area contributed by atoms with E-state index in [1.54, 1.807) is 0 Å². The summed E-state index contributed by atoms with van der Waals surface area (Å²) in [6.45, 7) is 0. The largest absolute Gasteiger partial charge is 0.147 e. The molecular formula is C11H11CdClO. The SMILES string of the molecule is C[O][Cd][c]1ccc2ccccc2c1.Cl. The van der Waals surface area contributed by atoms with E-state index in [-0.39, 0.29) is 12.4 Å². The van der Waals surface area contributed by atoms with Crippen LogP contribution < -0.4 is 3.12 Å². The van der Waals surface area contributed by atoms with E-state index in [0.717, 1.165) is 0 Å². The molecule has 1 nitrogen and oxygen atoms in total. The van der Waals surface area contributed by atoms with Crippen molar-refractivity contribution < 1.29 is 27.4 Å². The molecule has 0 bridgehead atoms. The minimum atomic E-state index is -1.09. The Morgan fingerprint density at radius 3 is 2.43 bits per heavy atom. The molecule has 0 aliphatic rings. The number of fused-ring (bicyclic) bond motifs is 1. The molecule has 0 aliphatic carbocycles. The third-order valence-electron chi connectivity index (χ3n) is 2.12. The molecule has 14 heavy (non-hydrogen) atoms. The van der Waals surface area contributed by atoms with Crippen molar-refractivity contribution in [3.63, 3.8) is 0 Å². The van der Waals surface area contributed by atoms with Gasteiger partial charge in [-0.3, -0.25) is 0 Å². The van der Waals surface area contributed by atoms with Gasteiger partial charge in [-0.15, -0.1) is 12.4 Å². The van der Waals surface area contributed by atoms with E-state index in [1.807, 2.05) is 7.11 Å². The van der Waals surface area contributed by atoms with E-state index in [1.165, 1.54) is 13.9 Å². The zero-order chi connectivity index (χ0) is 9.10. The molecule has 0 atom stereocenters. The summed E-state index contributed by atoms with van der Waals surface area (Å²) < 4.78 is 6.72. The monoisotopic (exact) mass is 308 g/mol. The summed E-state index contributed by atoms with van der Waals surface area (Å²) in [5.41, 5.74) is 0. The van der Waals surface area contributed by atoms with Gasteiger partial charge in [0.1, 0.15) is 0 Å². The second-order valence-corrected chi connectivity index (χ2v) is 7.92. The van der Waals surface area contributed by atoms with Crippen molar-refractivity contribution in [2.24, 2.45) is 0 Å². The molecule has 3 heteroatoms. The van der Waals surface area contributed by atoms with Crippen LogP contribution in [0.5, 0.6) is 0 Å². The summed E-state index contributed by atoms with van der Waals surface area (Å²) in [5, 5.41) is 2.64. The number of hydrogen-bond acceptors (Lipinski definition) is 1. The van der Waals surface area contributed by atoms with Gasteiger partial charge in [0.15, 0.2) is 0 Å².